The number of aryl methyl sites for hydroxylation is 2. The van der Waals surface area contributed by atoms with E-state index in [2.05, 4.69) is 48.7 Å². The summed E-state index contributed by atoms with van der Waals surface area (Å²) in [5, 5.41) is 7.64. The van der Waals surface area contributed by atoms with E-state index in [1.165, 1.54) is 24.0 Å². The zero-order valence-electron chi connectivity index (χ0n) is 16.9. The van der Waals surface area contributed by atoms with E-state index in [4.69, 9.17) is 17.0 Å². The van der Waals surface area contributed by atoms with Crippen molar-refractivity contribution in [2.24, 2.45) is 0 Å². The fourth-order valence-electron chi connectivity index (χ4n) is 3.16. The van der Waals surface area contributed by atoms with Crippen LogP contribution in [0.25, 0.3) is 11.1 Å². The van der Waals surface area contributed by atoms with Gasteiger partial charge in [-0.05, 0) is 44.1 Å². The summed E-state index contributed by atoms with van der Waals surface area (Å²) in [6, 6.07) is 18.2. The Labute approximate surface area is 180 Å². The molecular formula is C23H24N2O2S2. The van der Waals surface area contributed by atoms with Crippen LogP contribution in [0.5, 0.6) is 0 Å². The van der Waals surface area contributed by atoms with Gasteiger partial charge < -0.3 is 15.4 Å². The summed E-state index contributed by atoms with van der Waals surface area (Å²) in [6.07, 6.45) is 0. The van der Waals surface area contributed by atoms with Crippen molar-refractivity contribution in [1.29, 1.82) is 0 Å². The van der Waals surface area contributed by atoms with Crippen LogP contribution in [0.2, 0.25) is 0 Å². The molecule has 0 fully saturated rings. The summed E-state index contributed by atoms with van der Waals surface area (Å²) < 4.78 is 5.06. The van der Waals surface area contributed by atoms with Crippen molar-refractivity contribution in [2.45, 2.75) is 26.8 Å². The highest BCUT2D eigenvalue weighted by molar-refractivity contribution is 7.80. The van der Waals surface area contributed by atoms with Gasteiger partial charge in [0.05, 0.1) is 13.2 Å². The molecule has 0 amide bonds. The highest BCUT2D eigenvalue weighted by atomic mass is 32.1. The maximum absolute atomic E-state index is 12.6. The average molecular weight is 425 g/mol. The van der Waals surface area contributed by atoms with E-state index in [1.54, 1.807) is 0 Å². The average Bonchev–Trinajstić information content (AvgIpc) is 3.03. The summed E-state index contributed by atoms with van der Waals surface area (Å²) in [7, 11) is 1.39. The summed E-state index contributed by atoms with van der Waals surface area (Å²) >= 11 is 7.02. The highest BCUT2D eigenvalue weighted by Gasteiger charge is 2.24. The van der Waals surface area contributed by atoms with Gasteiger partial charge in [0.2, 0.25) is 0 Å². The number of nitrogens with one attached hydrogen (secondary N) is 2. The van der Waals surface area contributed by atoms with E-state index in [1.807, 2.05) is 37.3 Å². The number of thiophene rings is 1. The second-order valence-corrected chi connectivity index (χ2v) is 8.46. The van der Waals surface area contributed by atoms with Crippen molar-refractivity contribution in [3.8, 4) is 11.1 Å². The number of ether oxygens (including phenoxy) is 1. The van der Waals surface area contributed by atoms with Crippen molar-refractivity contribution in [1.82, 2.24) is 5.32 Å². The van der Waals surface area contributed by atoms with E-state index >= 15 is 0 Å². The summed E-state index contributed by atoms with van der Waals surface area (Å²) in [5.74, 6) is -0.384. The molecule has 0 bridgehead atoms. The van der Waals surface area contributed by atoms with Gasteiger partial charge >= 0.3 is 5.97 Å². The predicted octanol–water partition coefficient (Wildman–Crippen LogP) is 5.87. The third-order valence-electron chi connectivity index (χ3n) is 4.69. The molecule has 0 saturated carbocycles. The molecule has 1 aromatic heterocycles. The molecule has 0 aliphatic heterocycles. The number of methoxy groups -OCH3 is 1. The minimum Gasteiger partial charge on any atom is -0.465 e. The Kier molecular flexibility index (Phi) is 6.67. The van der Waals surface area contributed by atoms with E-state index in [-0.39, 0.29) is 12.0 Å². The molecule has 29 heavy (non-hydrogen) atoms. The fraction of sp³-hybridized carbons (Fsp3) is 0.217. The predicted molar refractivity (Wildman–Crippen MR) is 125 cm³/mol. The number of benzene rings is 2. The van der Waals surface area contributed by atoms with Crippen LogP contribution in [0.15, 0.2) is 54.6 Å². The van der Waals surface area contributed by atoms with Gasteiger partial charge in [-0.15, -0.1) is 11.3 Å². The van der Waals surface area contributed by atoms with Gasteiger partial charge in [0.15, 0.2) is 5.11 Å². The van der Waals surface area contributed by atoms with Crippen LogP contribution >= 0.6 is 23.6 Å². The van der Waals surface area contributed by atoms with Crippen LogP contribution in [-0.4, -0.2) is 18.2 Å². The van der Waals surface area contributed by atoms with Crippen LogP contribution in [-0.2, 0) is 4.74 Å². The summed E-state index contributed by atoms with van der Waals surface area (Å²) in [5.41, 5.74) is 4.71. The number of hydrogen-bond donors (Lipinski definition) is 2. The van der Waals surface area contributed by atoms with E-state index in [0.717, 1.165) is 21.6 Å². The van der Waals surface area contributed by atoms with Gasteiger partial charge in [-0.3, -0.25) is 0 Å². The second kappa shape index (κ2) is 9.20. The molecule has 0 spiro atoms. The number of carbonyl (C=O) groups is 1. The second-order valence-electron chi connectivity index (χ2n) is 6.83. The van der Waals surface area contributed by atoms with Crippen molar-refractivity contribution < 1.29 is 9.53 Å². The number of esters is 1. The number of carbonyl (C=O) groups excluding carboxylic acids is 1. The van der Waals surface area contributed by atoms with Crippen LogP contribution in [0, 0.1) is 13.8 Å². The molecule has 0 saturated heterocycles. The minimum absolute atomic E-state index is 0.0341. The first-order valence-corrected chi connectivity index (χ1v) is 10.5. The Bertz CT molecular complexity index is 1010. The highest BCUT2D eigenvalue weighted by Crippen LogP contribution is 2.40. The van der Waals surface area contributed by atoms with Crippen molar-refractivity contribution in [3.63, 3.8) is 0 Å². The largest absolute Gasteiger partial charge is 0.465 e. The van der Waals surface area contributed by atoms with Crippen molar-refractivity contribution >= 4 is 39.6 Å². The number of rotatable bonds is 5. The van der Waals surface area contributed by atoms with E-state index < -0.39 is 0 Å². The Balaban J connectivity index is 1.86. The Morgan fingerprint density at radius 2 is 1.72 bits per heavy atom. The molecule has 6 heteroatoms. The molecule has 150 valence electrons. The number of hydrogen-bond acceptors (Lipinski definition) is 4. The zero-order valence-corrected chi connectivity index (χ0v) is 18.5. The molecule has 0 aliphatic carbocycles. The molecule has 3 aromatic rings. The zero-order chi connectivity index (χ0) is 21.0. The molecule has 0 aliphatic rings. The minimum atomic E-state index is -0.384. The third kappa shape index (κ3) is 4.83. The monoisotopic (exact) mass is 424 g/mol. The maximum Gasteiger partial charge on any atom is 0.341 e. The normalized spacial score (nSPS) is 11.6. The van der Waals surface area contributed by atoms with Gasteiger partial charge in [0.1, 0.15) is 10.6 Å². The van der Waals surface area contributed by atoms with Crippen molar-refractivity contribution in [2.75, 3.05) is 12.4 Å². The Morgan fingerprint density at radius 1 is 1.07 bits per heavy atom. The Hall–Kier alpha value is -2.70. The standard InChI is InChI=1S/C23H24N2O2S2/c1-14-10-12-17(13-11-14)15(2)24-23(28)25-21-20(22(26)27-4)19(16(3)29-21)18-8-6-5-7-9-18/h5-13,15H,1-4H3,(H2,24,25,28). The van der Waals surface area contributed by atoms with Gasteiger partial charge in [-0.1, -0.05) is 60.2 Å². The first kappa shape index (κ1) is 21.0. The van der Waals surface area contributed by atoms with Crippen LogP contribution in [0.1, 0.15) is 39.3 Å². The van der Waals surface area contributed by atoms with Gasteiger partial charge in [-0.2, -0.15) is 0 Å². The molecule has 2 N–H and O–H groups in total. The summed E-state index contributed by atoms with van der Waals surface area (Å²) in [6.45, 7) is 6.11. The molecule has 0 radical (unpaired) electrons. The van der Waals surface area contributed by atoms with Gasteiger partial charge in [0, 0.05) is 10.4 Å². The number of thiocarbonyl (C=S) groups is 1. The SMILES string of the molecule is COC(=O)c1c(NC(=S)NC(C)c2ccc(C)cc2)sc(C)c1-c1ccccc1. The van der Waals surface area contributed by atoms with Crippen molar-refractivity contribution in [3.05, 3.63) is 76.2 Å². The summed E-state index contributed by atoms with van der Waals surface area (Å²) in [4.78, 5) is 13.6. The fourth-order valence-corrected chi connectivity index (χ4v) is 4.57. The maximum atomic E-state index is 12.6. The third-order valence-corrected chi connectivity index (χ3v) is 5.93. The van der Waals surface area contributed by atoms with Crippen LogP contribution < -0.4 is 10.6 Å². The topological polar surface area (TPSA) is 50.4 Å². The smallest absolute Gasteiger partial charge is 0.341 e. The first-order valence-electron chi connectivity index (χ1n) is 9.32. The molecule has 4 nitrogen and oxygen atoms in total. The molecular weight excluding hydrogens is 400 g/mol. The quantitative estimate of drug-likeness (QED) is 0.396. The molecule has 3 rings (SSSR count). The van der Waals surface area contributed by atoms with E-state index in [9.17, 15) is 4.79 Å². The molecule has 2 aromatic carbocycles. The van der Waals surface area contributed by atoms with Gasteiger partial charge in [-0.25, -0.2) is 4.79 Å². The first-order chi connectivity index (χ1) is 13.9. The lowest BCUT2D eigenvalue weighted by molar-refractivity contribution is 0.0603. The van der Waals surface area contributed by atoms with Crippen LogP contribution in [0.4, 0.5) is 5.00 Å². The lowest BCUT2D eigenvalue weighted by atomic mass is 10.0. The number of anilines is 1. The lowest BCUT2D eigenvalue weighted by Crippen LogP contribution is -2.31. The molecule has 1 atom stereocenters. The molecule has 1 heterocycles. The molecule has 1 unspecified atom stereocenters. The van der Waals surface area contributed by atoms with Crippen LogP contribution in [0.3, 0.4) is 0 Å². The lowest BCUT2D eigenvalue weighted by Gasteiger charge is -2.17. The van der Waals surface area contributed by atoms with E-state index in [0.29, 0.717) is 15.7 Å². The Morgan fingerprint density at radius 3 is 2.34 bits per heavy atom. The van der Waals surface area contributed by atoms with Gasteiger partial charge in [0.25, 0.3) is 0 Å².